The van der Waals surface area contributed by atoms with Gasteiger partial charge in [0.05, 0.1) is 0 Å². The van der Waals surface area contributed by atoms with Crippen LogP contribution in [0.3, 0.4) is 0 Å². The monoisotopic (exact) mass is 722 g/mol. The fourth-order valence-corrected chi connectivity index (χ4v) is 10.4. The van der Waals surface area contributed by atoms with Crippen molar-refractivity contribution in [2.75, 3.05) is 0 Å². The first-order chi connectivity index (χ1) is 28.0. The lowest BCUT2D eigenvalue weighted by molar-refractivity contribution is 0.661. The molecule has 266 valence electrons. The molecule has 0 nitrogen and oxygen atoms in total. The Kier molecular flexibility index (Phi) is 6.78. The molecule has 0 saturated carbocycles. The Labute approximate surface area is 332 Å². The van der Waals surface area contributed by atoms with Gasteiger partial charge in [-0.05, 0) is 145 Å². The zero-order valence-electron chi connectivity index (χ0n) is 32.0. The molecule has 0 amide bonds. The SMILES string of the molecule is CC1(C)c2cc(-c3c4ccccc4c(-c4cccc(-c5cccc6ccccc56)c4)c4ccccc34)ccc2-c2cc3c4ccccc4c4ccccc4c3cc21. The van der Waals surface area contributed by atoms with Gasteiger partial charge in [0, 0.05) is 5.41 Å². The van der Waals surface area contributed by atoms with Gasteiger partial charge in [0.2, 0.25) is 0 Å². The van der Waals surface area contributed by atoms with Crippen molar-refractivity contribution < 1.29 is 0 Å². The lowest BCUT2D eigenvalue weighted by Crippen LogP contribution is -2.15. The van der Waals surface area contributed by atoms with E-state index in [1.165, 1.54) is 120 Å². The predicted octanol–water partition coefficient (Wildman–Crippen LogP) is 15.9. The van der Waals surface area contributed by atoms with Crippen LogP contribution < -0.4 is 0 Å². The van der Waals surface area contributed by atoms with Crippen LogP contribution in [0.15, 0.2) is 194 Å². The van der Waals surface area contributed by atoms with Crippen LogP contribution in [0.1, 0.15) is 25.0 Å². The number of fused-ring (bicyclic) bond motifs is 12. The number of rotatable bonds is 3. The molecule has 12 rings (SSSR count). The van der Waals surface area contributed by atoms with E-state index in [1.807, 2.05) is 0 Å². The van der Waals surface area contributed by atoms with Crippen LogP contribution in [0.25, 0.3) is 109 Å². The number of benzene rings is 11. The maximum Gasteiger partial charge on any atom is 0.0159 e. The van der Waals surface area contributed by atoms with Crippen molar-refractivity contribution >= 4 is 64.6 Å². The van der Waals surface area contributed by atoms with Gasteiger partial charge in [-0.3, -0.25) is 0 Å². The molecule has 0 fully saturated rings. The zero-order chi connectivity index (χ0) is 37.8. The van der Waals surface area contributed by atoms with Crippen LogP contribution in [-0.2, 0) is 5.41 Å². The Morgan fingerprint density at radius 3 is 1.32 bits per heavy atom. The van der Waals surface area contributed by atoms with Gasteiger partial charge in [-0.2, -0.15) is 0 Å². The quantitative estimate of drug-likeness (QED) is 0.126. The molecule has 0 saturated heterocycles. The van der Waals surface area contributed by atoms with Crippen LogP contribution in [0.5, 0.6) is 0 Å². The smallest absolute Gasteiger partial charge is 0.0159 e. The summed E-state index contributed by atoms with van der Waals surface area (Å²) >= 11 is 0. The standard InChI is InChI=1S/C57H38/c1-57(2)53-32-38(29-30-45(53)52-33-50-43-22-7-5-20-41(43)42-21-6-8-23-44(42)51(50)34-54(52)57)56-48-26-11-9-24-46(48)55(47-25-10-12-27-49(47)56)37-18-13-17-36(31-37)40-28-14-16-35-15-3-4-19-39(35)40/h3-34H,1-2H3. The Hall–Kier alpha value is -7.02. The normalized spacial score (nSPS) is 13.2. The van der Waals surface area contributed by atoms with Crippen molar-refractivity contribution in [3.05, 3.63) is 205 Å². The van der Waals surface area contributed by atoms with Gasteiger partial charge in [-0.15, -0.1) is 0 Å². The molecule has 0 spiro atoms. The maximum atomic E-state index is 2.51. The lowest BCUT2D eigenvalue weighted by atomic mass is 9.79. The minimum atomic E-state index is -0.171. The summed E-state index contributed by atoms with van der Waals surface area (Å²) in [5, 5.41) is 15.6. The molecule has 0 N–H and O–H groups in total. The average Bonchev–Trinajstić information content (AvgIpc) is 3.49. The summed E-state index contributed by atoms with van der Waals surface area (Å²) in [7, 11) is 0. The number of hydrogen-bond donors (Lipinski definition) is 0. The summed E-state index contributed by atoms with van der Waals surface area (Å²) in [6.45, 7) is 4.83. The van der Waals surface area contributed by atoms with Gasteiger partial charge in [0.1, 0.15) is 0 Å². The Balaban J connectivity index is 1.07. The first-order valence-electron chi connectivity index (χ1n) is 20.1. The molecule has 0 heterocycles. The third-order valence-electron chi connectivity index (χ3n) is 13.0. The van der Waals surface area contributed by atoms with Crippen LogP contribution in [-0.4, -0.2) is 0 Å². The minimum absolute atomic E-state index is 0.171. The van der Waals surface area contributed by atoms with E-state index in [0.717, 1.165) is 0 Å². The van der Waals surface area contributed by atoms with Gasteiger partial charge in [-0.1, -0.05) is 184 Å². The van der Waals surface area contributed by atoms with Crippen LogP contribution in [0, 0.1) is 0 Å². The van der Waals surface area contributed by atoms with Crippen LogP contribution in [0.2, 0.25) is 0 Å². The van der Waals surface area contributed by atoms with Gasteiger partial charge < -0.3 is 0 Å². The molecule has 0 unspecified atom stereocenters. The third-order valence-corrected chi connectivity index (χ3v) is 13.0. The molecule has 11 aromatic rings. The molecule has 0 aromatic heterocycles. The molecule has 1 aliphatic carbocycles. The van der Waals surface area contributed by atoms with Gasteiger partial charge in [0.25, 0.3) is 0 Å². The van der Waals surface area contributed by atoms with Gasteiger partial charge in [0.15, 0.2) is 0 Å². The minimum Gasteiger partial charge on any atom is -0.0616 e. The van der Waals surface area contributed by atoms with E-state index in [1.54, 1.807) is 0 Å². The average molecular weight is 723 g/mol. The van der Waals surface area contributed by atoms with E-state index in [0.29, 0.717) is 0 Å². The zero-order valence-corrected chi connectivity index (χ0v) is 32.0. The molecule has 0 atom stereocenters. The highest BCUT2D eigenvalue weighted by molar-refractivity contribution is 6.26. The molecule has 0 bridgehead atoms. The second-order valence-corrected chi connectivity index (χ2v) is 16.4. The highest BCUT2D eigenvalue weighted by atomic mass is 14.4. The van der Waals surface area contributed by atoms with Crippen molar-refractivity contribution in [3.63, 3.8) is 0 Å². The first-order valence-corrected chi connectivity index (χ1v) is 20.1. The highest BCUT2D eigenvalue weighted by Gasteiger charge is 2.36. The summed E-state index contributed by atoms with van der Waals surface area (Å²) in [6.07, 6.45) is 0. The summed E-state index contributed by atoms with van der Waals surface area (Å²) in [6, 6.07) is 72.6. The van der Waals surface area contributed by atoms with Crippen molar-refractivity contribution in [2.45, 2.75) is 19.3 Å². The molecule has 0 radical (unpaired) electrons. The number of hydrogen-bond acceptors (Lipinski definition) is 0. The van der Waals surface area contributed by atoms with E-state index in [4.69, 9.17) is 0 Å². The lowest BCUT2D eigenvalue weighted by Gasteiger charge is -2.23. The second kappa shape index (κ2) is 12.0. The third kappa shape index (κ3) is 4.62. The molecule has 0 heteroatoms. The fourth-order valence-electron chi connectivity index (χ4n) is 10.4. The van der Waals surface area contributed by atoms with E-state index in [2.05, 4.69) is 208 Å². The molecule has 0 aliphatic heterocycles. The van der Waals surface area contributed by atoms with Crippen molar-refractivity contribution in [2.24, 2.45) is 0 Å². The molecule has 11 aromatic carbocycles. The molecular formula is C57H38. The van der Waals surface area contributed by atoms with Gasteiger partial charge in [-0.25, -0.2) is 0 Å². The molecular weight excluding hydrogens is 685 g/mol. The second-order valence-electron chi connectivity index (χ2n) is 16.4. The maximum absolute atomic E-state index is 2.51. The topological polar surface area (TPSA) is 0 Å². The van der Waals surface area contributed by atoms with Gasteiger partial charge >= 0.3 is 0 Å². The Morgan fingerprint density at radius 2 is 0.702 bits per heavy atom. The summed E-state index contributed by atoms with van der Waals surface area (Å²) in [4.78, 5) is 0. The predicted molar refractivity (Wildman–Crippen MR) is 245 cm³/mol. The summed E-state index contributed by atoms with van der Waals surface area (Å²) < 4.78 is 0. The van der Waals surface area contributed by atoms with E-state index < -0.39 is 0 Å². The van der Waals surface area contributed by atoms with Crippen molar-refractivity contribution in [1.82, 2.24) is 0 Å². The van der Waals surface area contributed by atoms with Crippen molar-refractivity contribution in [1.29, 1.82) is 0 Å². The summed E-state index contributed by atoms with van der Waals surface area (Å²) in [5.74, 6) is 0. The van der Waals surface area contributed by atoms with E-state index >= 15 is 0 Å². The highest BCUT2D eigenvalue weighted by Crippen LogP contribution is 2.53. The molecule has 1 aliphatic rings. The fraction of sp³-hybridized carbons (Fsp3) is 0.0526. The van der Waals surface area contributed by atoms with Crippen LogP contribution >= 0.6 is 0 Å². The van der Waals surface area contributed by atoms with Crippen LogP contribution in [0.4, 0.5) is 0 Å². The van der Waals surface area contributed by atoms with E-state index in [9.17, 15) is 0 Å². The first kappa shape index (κ1) is 32.2. The Morgan fingerprint density at radius 1 is 0.263 bits per heavy atom. The van der Waals surface area contributed by atoms with E-state index in [-0.39, 0.29) is 5.41 Å². The molecule has 57 heavy (non-hydrogen) atoms. The Bertz CT molecular complexity index is 3430. The van der Waals surface area contributed by atoms with Crippen molar-refractivity contribution in [3.8, 4) is 44.5 Å². The summed E-state index contributed by atoms with van der Waals surface area (Å²) in [5.41, 5.74) is 12.9. The largest absolute Gasteiger partial charge is 0.0616 e.